The Labute approximate surface area is 340 Å². The van der Waals surface area contributed by atoms with Crippen LogP contribution in [0.25, 0.3) is 0 Å². The molecular formula is C49H88O6. The molecule has 0 fully saturated rings. The van der Waals surface area contributed by atoms with E-state index in [1.54, 1.807) is 0 Å². The van der Waals surface area contributed by atoms with Crippen LogP contribution >= 0.6 is 0 Å². The zero-order chi connectivity index (χ0) is 40.1. The number of hydrogen-bond acceptors (Lipinski definition) is 6. The van der Waals surface area contributed by atoms with Gasteiger partial charge in [-0.25, -0.2) is 0 Å². The van der Waals surface area contributed by atoms with Crippen LogP contribution < -0.4 is 0 Å². The fraction of sp³-hybridized carbons (Fsp3) is 0.816. The lowest BCUT2D eigenvalue weighted by Gasteiger charge is -2.18. The lowest BCUT2D eigenvalue weighted by molar-refractivity contribution is -0.167. The number of ether oxygens (including phenoxy) is 3. The molecule has 0 aliphatic heterocycles. The minimum absolute atomic E-state index is 0.0764. The largest absolute Gasteiger partial charge is 0.462 e. The molecule has 0 amide bonds. The number of carbonyl (C=O) groups excluding carboxylic acids is 3. The van der Waals surface area contributed by atoms with Gasteiger partial charge in [0.15, 0.2) is 6.10 Å². The summed E-state index contributed by atoms with van der Waals surface area (Å²) >= 11 is 0. The molecule has 0 spiro atoms. The molecule has 0 aromatic rings. The first-order valence-electron chi connectivity index (χ1n) is 23.5. The normalized spacial score (nSPS) is 12.3. The first kappa shape index (κ1) is 52.6. The second-order valence-corrected chi connectivity index (χ2v) is 15.7. The Kier molecular flexibility index (Phi) is 42.4. The Morgan fingerprint density at radius 1 is 0.364 bits per heavy atom. The third kappa shape index (κ3) is 42.6. The molecule has 6 nitrogen and oxygen atoms in total. The van der Waals surface area contributed by atoms with Crippen LogP contribution in [-0.2, 0) is 28.6 Å². The highest BCUT2D eigenvalue weighted by molar-refractivity contribution is 5.71. The molecule has 1 atom stereocenters. The summed E-state index contributed by atoms with van der Waals surface area (Å²) in [5, 5.41) is 0. The van der Waals surface area contributed by atoms with Gasteiger partial charge >= 0.3 is 17.9 Å². The van der Waals surface area contributed by atoms with Crippen LogP contribution in [0, 0.1) is 0 Å². The summed E-state index contributed by atoms with van der Waals surface area (Å²) in [6.45, 7) is 6.56. The summed E-state index contributed by atoms with van der Waals surface area (Å²) in [7, 11) is 0. The van der Waals surface area contributed by atoms with Crippen molar-refractivity contribution in [1.82, 2.24) is 0 Å². The van der Waals surface area contributed by atoms with E-state index in [1.165, 1.54) is 116 Å². The van der Waals surface area contributed by atoms with Crippen LogP contribution in [0.2, 0.25) is 0 Å². The minimum Gasteiger partial charge on any atom is -0.462 e. The van der Waals surface area contributed by atoms with Crippen molar-refractivity contribution in [2.75, 3.05) is 13.2 Å². The van der Waals surface area contributed by atoms with E-state index in [0.29, 0.717) is 19.3 Å². The van der Waals surface area contributed by atoms with Crippen LogP contribution in [-0.4, -0.2) is 37.2 Å². The standard InChI is InChI=1S/C49H88O6/c1-4-7-10-13-16-19-21-22-23-24-25-26-28-30-33-36-39-42-48(51)54-45-46(44-53-47(50)41-38-35-32-29-18-15-12-9-6-3)55-49(52)43-40-37-34-31-27-20-17-14-11-8-5-2/h16,19,22-23,25-26,46H,4-15,17-18,20-21,24,27-45H2,1-3H3/b19-16-,23-22-,26-25-/t46-/m1/s1. The van der Waals surface area contributed by atoms with E-state index in [-0.39, 0.29) is 31.1 Å². The van der Waals surface area contributed by atoms with Gasteiger partial charge in [-0.1, -0.05) is 198 Å². The Morgan fingerprint density at radius 3 is 1.05 bits per heavy atom. The predicted molar refractivity (Wildman–Crippen MR) is 233 cm³/mol. The third-order valence-corrected chi connectivity index (χ3v) is 10.1. The molecule has 0 bridgehead atoms. The first-order chi connectivity index (χ1) is 27.0. The van der Waals surface area contributed by atoms with E-state index in [2.05, 4.69) is 57.2 Å². The van der Waals surface area contributed by atoms with Crippen LogP contribution in [0.4, 0.5) is 0 Å². The number of allylic oxidation sites excluding steroid dienone is 6. The molecule has 0 aliphatic rings. The van der Waals surface area contributed by atoms with Crippen LogP contribution in [0.15, 0.2) is 36.5 Å². The molecule has 0 heterocycles. The SMILES string of the molecule is CCCCC/C=C\C/C=C\C/C=C\CCCCCCC(=O)OC[C@@H](COC(=O)CCCCCCCCCCC)OC(=O)CCCCCCCCCCCCC. The van der Waals surface area contributed by atoms with Crippen LogP contribution in [0.3, 0.4) is 0 Å². The Bertz CT molecular complexity index is 938. The third-order valence-electron chi connectivity index (χ3n) is 10.1. The zero-order valence-corrected chi connectivity index (χ0v) is 36.4. The molecule has 55 heavy (non-hydrogen) atoms. The maximum atomic E-state index is 12.7. The van der Waals surface area contributed by atoms with E-state index in [0.717, 1.165) is 83.5 Å². The number of carbonyl (C=O) groups is 3. The van der Waals surface area contributed by atoms with Gasteiger partial charge in [0.25, 0.3) is 0 Å². The molecule has 0 unspecified atom stereocenters. The topological polar surface area (TPSA) is 78.9 Å². The van der Waals surface area contributed by atoms with E-state index in [1.807, 2.05) is 0 Å². The van der Waals surface area contributed by atoms with Crippen molar-refractivity contribution in [3.8, 4) is 0 Å². The number of rotatable bonds is 42. The molecule has 0 rings (SSSR count). The van der Waals surface area contributed by atoms with Crippen molar-refractivity contribution < 1.29 is 28.6 Å². The second-order valence-electron chi connectivity index (χ2n) is 15.7. The van der Waals surface area contributed by atoms with Gasteiger partial charge in [0.05, 0.1) is 0 Å². The van der Waals surface area contributed by atoms with Gasteiger partial charge in [0.1, 0.15) is 13.2 Å². The molecule has 0 N–H and O–H groups in total. The molecule has 0 radical (unpaired) electrons. The van der Waals surface area contributed by atoms with Gasteiger partial charge in [-0.2, -0.15) is 0 Å². The fourth-order valence-electron chi connectivity index (χ4n) is 6.57. The summed E-state index contributed by atoms with van der Waals surface area (Å²) in [5.41, 5.74) is 0. The lowest BCUT2D eigenvalue weighted by Crippen LogP contribution is -2.30. The summed E-state index contributed by atoms with van der Waals surface area (Å²) < 4.78 is 16.7. The van der Waals surface area contributed by atoms with Gasteiger partial charge in [-0.15, -0.1) is 0 Å². The molecule has 0 saturated heterocycles. The van der Waals surface area contributed by atoms with Crippen molar-refractivity contribution in [1.29, 1.82) is 0 Å². The summed E-state index contributed by atoms with van der Waals surface area (Å²) in [5.74, 6) is -0.898. The van der Waals surface area contributed by atoms with Crippen molar-refractivity contribution in [2.45, 2.75) is 245 Å². The summed E-state index contributed by atoms with van der Waals surface area (Å²) in [4.78, 5) is 37.7. The van der Waals surface area contributed by atoms with Gasteiger partial charge in [-0.3, -0.25) is 14.4 Å². The van der Waals surface area contributed by atoms with Gasteiger partial charge in [-0.05, 0) is 57.8 Å². The smallest absolute Gasteiger partial charge is 0.306 e. The minimum atomic E-state index is -0.773. The average Bonchev–Trinajstić information content (AvgIpc) is 3.18. The van der Waals surface area contributed by atoms with E-state index in [9.17, 15) is 14.4 Å². The van der Waals surface area contributed by atoms with Gasteiger partial charge < -0.3 is 14.2 Å². The molecule has 6 heteroatoms. The number of esters is 3. The Morgan fingerprint density at radius 2 is 0.655 bits per heavy atom. The van der Waals surface area contributed by atoms with Crippen molar-refractivity contribution in [3.05, 3.63) is 36.5 Å². The van der Waals surface area contributed by atoms with Crippen molar-refractivity contribution >= 4 is 17.9 Å². The highest BCUT2D eigenvalue weighted by Crippen LogP contribution is 2.14. The predicted octanol–water partition coefficient (Wildman–Crippen LogP) is 15.0. The monoisotopic (exact) mass is 773 g/mol. The highest BCUT2D eigenvalue weighted by atomic mass is 16.6. The quantitative estimate of drug-likeness (QED) is 0.0266. The van der Waals surface area contributed by atoms with Crippen molar-refractivity contribution in [2.24, 2.45) is 0 Å². The molecular weight excluding hydrogens is 685 g/mol. The van der Waals surface area contributed by atoms with Crippen LogP contribution in [0.1, 0.15) is 239 Å². The number of hydrogen-bond donors (Lipinski definition) is 0. The second kappa shape index (κ2) is 44.3. The fourth-order valence-corrected chi connectivity index (χ4v) is 6.57. The summed E-state index contributed by atoms with van der Waals surface area (Å²) in [6.07, 6.45) is 49.8. The molecule has 320 valence electrons. The molecule has 0 aromatic heterocycles. The van der Waals surface area contributed by atoms with E-state index >= 15 is 0 Å². The maximum Gasteiger partial charge on any atom is 0.306 e. The lowest BCUT2D eigenvalue weighted by atomic mass is 10.1. The van der Waals surface area contributed by atoms with E-state index < -0.39 is 6.10 Å². The molecule has 0 aromatic carbocycles. The Hall–Kier alpha value is -2.37. The average molecular weight is 773 g/mol. The van der Waals surface area contributed by atoms with E-state index in [4.69, 9.17) is 14.2 Å². The van der Waals surface area contributed by atoms with Gasteiger partial charge in [0, 0.05) is 19.3 Å². The Balaban J connectivity index is 4.35. The molecule has 0 aliphatic carbocycles. The van der Waals surface area contributed by atoms with Crippen molar-refractivity contribution in [3.63, 3.8) is 0 Å². The van der Waals surface area contributed by atoms with Crippen LogP contribution in [0.5, 0.6) is 0 Å². The first-order valence-corrected chi connectivity index (χ1v) is 23.5. The number of unbranched alkanes of at least 4 members (excludes halogenated alkanes) is 25. The summed E-state index contributed by atoms with van der Waals surface area (Å²) in [6, 6.07) is 0. The zero-order valence-electron chi connectivity index (χ0n) is 36.4. The maximum absolute atomic E-state index is 12.7. The van der Waals surface area contributed by atoms with Gasteiger partial charge in [0.2, 0.25) is 0 Å². The molecule has 0 saturated carbocycles. The highest BCUT2D eigenvalue weighted by Gasteiger charge is 2.19.